The van der Waals surface area contributed by atoms with Crippen LogP contribution in [0.3, 0.4) is 0 Å². The zero-order chi connectivity index (χ0) is 25.2. The summed E-state index contributed by atoms with van der Waals surface area (Å²) in [6, 6.07) is 21.6. The fraction of sp³-hybridized carbons (Fsp3) is 0.286. The van der Waals surface area contributed by atoms with Crippen molar-refractivity contribution in [1.82, 2.24) is 4.90 Å². The van der Waals surface area contributed by atoms with E-state index < -0.39 is 18.0 Å². The second kappa shape index (κ2) is 12.6. The Balaban J connectivity index is 1.66. The summed E-state index contributed by atoms with van der Waals surface area (Å²) in [5.41, 5.74) is 2.44. The minimum atomic E-state index is -1.10. The maximum Gasteiger partial charge on any atom is 0.338 e. The number of rotatable bonds is 12. The highest BCUT2D eigenvalue weighted by Gasteiger charge is 2.19. The van der Waals surface area contributed by atoms with Gasteiger partial charge in [0.1, 0.15) is 24.2 Å². The zero-order valence-electron chi connectivity index (χ0n) is 20.3. The number of hydrogen-bond acceptors (Lipinski definition) is 6. The van der Waals surface area contributed by atoms with Gasteiger partial charge in [-0.3, -0.25) is 0 Å². The number of carboxylic acid groups (broad SMARTS) is 1. The van der Waals surface area contributed by atoms with E-state index in [1.54, 1.807) is 7.11 Å². The number of nitrogens with zero attached hydrogens (tertiary/aromatic N) is 1. The van der Waals surface area contributed by atoms with Crippen LogP contribution < -0.4 is 9.47 Å². The van der Waals surface area contributed by atoms with E-state index in [2.05, 4.69) is 6.07 Å². The van der Waals surface area contributed by atoms with Crippen LogP contribution in [0.25, 0.3) is 0 Å². The van der Waals surface area contributed by atoms with Gasteiger partial charge in [-0.05, 0) is 74.5 Å². The van der Waals surface area contributed by atoms with Crippen molar-refractivity contribution in [1.29, 1.82) is 0 Å². The highest BCUT2D eigenvalue weighted by Crippen LogP contribution is 2.22. The number of benzene rings is 3. The van der Waals surface area contributed by atoms with Gasteiger partial charge in [0.25, 0.3) is 0 Å². The summed E-state index contributed by atoms with van der Waals surface area (Å²) in [7, 11) is 5.42. The van der Waals surface area contributed by atoms with E-state index >= 15 is 0 Å². The van der Waals surface area contributed by atoms with Crippen molar-refractivity contribution < 1.29 is 28.9 Å². The Labute approximate surface area is 205 Å². The van der Waals surface area contributed by atoms with Crippen LogP contribution in [0.15, 0.2) is 72.8 Å². The average Bonchev–Trinajstić information content (AvgIpc) is 2.86. The number of para-hydroxylation sites is 1. The van der Waals surface area contributed by atoms with Crippen molar-refractivity contribution in [3.63, 3.8) is 0 Å². The smallest absolute Gasteiger partial charge is 0.338 e. The van der Waals surface area contributed by atoms with E-state index in [9.17, 15) is 14.7 Å². The molecule has 1 atom stereocenters. The molecule has 0 unspecified atom stereocenters. The first kappa shape index (κ1) is 25.8. The topological polar surface area (TPSA) is 85.3 Å². The van der Waals surface area contributed by atoms with Gasteiger partial charge in [0.05, 0.1) is 18.2 Å². The van der Waals surface area contributed by atoms with Crippen LogP contribution in [-0.2, 0) is 17.6 Å². The number of methoxy groups -OCH3 is 1. The van der Waals surface area contributed by atoms with E-state index in [-0.39, 0.29) is 17.7 Å². The van der Waals surface area contributed by atoms with Crippen LogP contribution in [-0.4, -0.2) is 62.4 Å². The van der Waals surface area contributed by atoms with Crippen LogP contribution in [0.2, 0.25) is 0 Å². The molecule has 1 N–H and O–H groups in total. The monoisotopic (exact) mass is 477 g/mol. The summed E-state index contributed by atoms with van der Waals surface area (Å²) in [5.74, 6) is -0.120. The minimum Gasteiger partial charge on any atom is -0.497 e. The Bertz CT molecular complexity index is 1140. The molecular formula is C28H31NO6. The van der Waals surface area contributed by atoms with E-state index in [1.165, 1.54) is 29.8 Å². The van der Waals surface area contributed by atoms with E-state index in [4.69, 9.17) is 14.2 Å². The summed E-state index contributed by atoms with van der Waals surface area (Å²) < 4.78 is 17.1. The molecule has 0 heterocycles. The van der Waals surface area contributed by atoms with Gasteiger partial charge in [0.2, 0.25) is 0 Å². The Morgan fingerprint density at radius 2 is 1.66 bits per heavy atom. The maximum absolute atomic E-state index is 12.7. The number of aryl methyl sites for hydroxylation is 2. The summed E-state index contributed by atoms with van der Waals surface area (Å²) >= 11 is 0. The molecule has 0 aliphatic rings. The molecule has 0 radical (unpaired) electrons. The first-order chi connectivity index (χ1) is 16.9. The summed E-state index contributed by atoms with van der Waals surface area (Å²) in [6.07, 6.45) is 1.06. The molecule has 0 saturated heterocycles. The third kappa shape index (κ3) is 7.86. The first-order valence-electron chi connectivity index (χ1n) is 11.4. The number of likely N-dealkylation sites (N-methyl/N-ethyl adjacent to an activating group) is 1. The Kier molecular flexibility index (Phi) is 9.26. The number of aromatic carboxylic acids is 1. The molecule has 3 aromatic carbocycles. The normalized spacial score (nSPS) is 11.7. The number of carbonyl (C=O) groups excluding carboxylic acids is 1. The number of ether oxygens (including phenoxy) is 3. The summed E-state index contributed by atoms with van der Waals surface area (Å²) in [4.78, 5) is 25.8. The Hall–Kier alpha value is -3.84. The highest BCUT2D eigenvalue weighted by atomic mass is 16.6. The van der Waals surface area contributed by atoms with Gasteiger partial charge < -0.3 is 24.2 Å². The molecule has 0 aromatic heterocycles. The molecule has 7 heteroatoms. The zero-order valence-corrected chi connectivity index (χ0v) is 20.3. The van der Waals surface area contributed by atoms with Crippen molar-refractivity contribution in [2.45, 2.75) is 18.9 Å². The number of hydrogen-bond donors (Lipinski definition) is 1. The summed E-state index contributed by atoms with van der Waals surface area (Å²) in [6.45, 7) is 0.620. The highest BCUT2D eigenvalue weighted by molar-refractivity contribution is 5.94. The largest absolute Gasteiger partial charge is 0.497 e. The van der Waals surface area contributed by atoms with Crippen LogP contribution in [0, 0.1) is 0 Å². The second-order valence-electron chi connectivity index (χ2n) is 8.45. The minimum absolute atomic E-state index is 0.0322. The lowest BCUT2D eigenvalue weighted by molar-refractivity contribution is 0.0103. The average molecular weight is 478 g/mol. The lowest BCUT2D eigenvalue weighted by Gasteiger charge is -2.22. The molecule has 3 aromatic rings. The predicted molar refractivity (Wildman–Crippen MR) is 133 cm³/mol. The van der Waals surface area contributed by atoms with Gasteiger partial charge >= 0.3 is 11.9 Å². The van der Waals surface area contributed by atoms with Gasteiger partial charge in [-0.25, -0.2) is 9.59 Å². The van der Waals surface area contributed by atoms with Crippen molar-refractivity contribution in [3.05, 3.63) is 95.1 Å². The van der Waals surface area contributed by atoms with Gasteiger partial charge in [-0.2, -0.15) is 0 Å². The molecule has 3 rings (SSSR count). The molecule has 184 valence electrons. The van der Waals surface area contributed by atoms with Gasteiger partial charge in [-0.1, -0.05) is 36.4 Å². The van der Waals surface area contributed by atoms with Gasteiger partial charge in [0.15, 0.2) is 0 Å². The van der Waals surface area contributed by atoms with Crippen molar-refractivity contribution in [2.24, 2.45) is 0 Å². The molecular weight excluding hydrogens is 446 g/mol. The lowest BCUT2D eigenvalue weighted by atomic mass is 10.0. The Morgan fingerprint density at radius 1 is 0.914 bits per heavy atom. The van der Waals surface area contributed by atoms with Crippen LogP contribution in [0.1, 0.15) is 31.8 Å². The third-order valence-corrected chi connectivity index (χ3v) is 5.40. The first-order valence-corrected chi connectivity index (χ1v) is 11.4. The lowest BCUT2D eigenvalue weighted by Crippen LogP contribution is -2.35. The molecule has 0 aliphatic carbocycles. The number of carbonyl (C=O) groups is 2. The number of esters is 1. The van der Waals surface area contributed by atoms with Gasteiger partial charge in [-0.15, -0.1) is 0 Å². The third-order valence-electron chi connectivity index (χ3n) is 5.40. The molecule has 0 fully saturated rings. The van der Waals surface area contributed by atoms with E-state index in [1.807, 2.05) is 61.5 Å². The Morgan fingerprint density at radius 3 is 2.40 bits per heavy atom. The van der Waals surface area contributed by atoms with Crippen molar-refractivity contribution >= 4 is 11.9 Å². The van der Waals surface area contributed by atoms with E-state index in [0.29, 0.717) is 6.54 Å². The molecule has 0 saturated carbocycles. The van der Waals surface area contributed by atoms with Crippen molar-refractivity contribution in [3.8, 4) is 11.5 Å². The SMILES string of the molecule is COc1cccc(CCc2ccccc2OC[C@H](CN(C)C)OC(=O)c2cccc(C(=O)O)c2)c1. The molecule has 0 spiro atoms. The summed E-state index contributed by atoms with van der Waals surface area (Å²) in [5, 5.41) is 9.19. The van der Waals surface area contributed by atoms with Crippen LogP contribution >= 0.6 is 0 Å². The standard InChI is InChI=1S/C28H31NO6/c1-29(2)18-25(35-28(32)23-11-7-10-22(17-23)27(30)31)19-34-26-13-5-4-9-21(26)15-14-20-8-6-12-24(16-20)33-3/h4-13,16-17,25H,14-15,18-19H2,1-3H3,(H,30,31)/t25-/m0/s1. The van der Waals surface area contributed by atoms with E-state index in [0.717, 1.165) is 29.9 Å². The maximum atomic E-state index is 12.7. The molecule has 35 heavy (non-hydrogen) atoms. The van der Waals surface area contributed by atoms with Crippen molar-refractivity contribution in [2.75, 3.05) is 34.4 Å². The second-order valence-corrected chi connectivity index (χ2v) is 8.45. The quantitative estimate of drug-likeness (QED) is 0.388. The number of carboxylic acids is 1. The molecule has 0 amide bonds. The van der Waals surface area contributed by atoms with Crippen LogP contribution in [0.5, 0.6) is 11.5 Å². The molecule has 0 aliphatic heterocycles. The molecule has 0 bridgehead atoms. The van der Waals surface area contributed by atoms with Gasteiger partial charge in [0, 0.05) is 6.54 Å². The van der Waals surface area contributed by atoms with Crippen LogP contribution in [0.4, 0.5) is 0 Å². The fourth-order valence-corrected chi connectivity index (χ4v) is 3.67. The fourth-order valence-electron chi connectivity index (χ4n) is 3.67. The predicted octanol–water partition coefficient (Wildman–Crippen LogP) is 4.34. The molecule has 7 nitrogen and oxygen atoms in total.